The second-order valence-electron chi connectivity index (χ2n) is 5.21. The number of carbonyl (C=O) groups excluding carboxylic acids is 1. The van der Waals surface area contributed by atoms with Gasteiger partial charge in [-0.1, -0.05) is 0 Å². The molecule has 3 aromatic rings. The van der Waals surface area contributed by atoms with Crippen molar-refractivity contribution in [1.82, 2.24) is 14.5 Å². The predicted octanol–water partition coefficient (Wildman–Crippen LogP) is 3.02. The number of nitrogens with one attached hydrogen (secondary N) is 1. The number of pyridine rings is 2. The minimum atomic E-state index is -4.60. The van der Waals surface area contributed by atoms with Gasteiger partial charge in [-0.2, -0.15) is 13.2 Å². The zero-order chi connectivity index (χ0) is 18.7. The lowest BCUT2D eigenvalue weighted by Crippen LogP contribution is -2.28. The summed E-state index contributed by atoms with van der Waals surface area (Å²) in [5.41, 5.74) is -0.339. The molecule has 0 bridgehead atoms. The fourth-order valence-corrected chi connectivity index (χ4v) is 2.85. The third kappa shape index (κ3) is 4.14. The highest BCUT2D eigenvalue weighted by atomic mass is 32.1. The van der Waals surface area contributed by atoms with Crippen LogP contribution in [0.4, 0.5) is 18.3 Å². The molecular weight excluding hydrogens is 369 g/mol. The standard InChI is InChI=1S/C16H11F3N4O2S/c17-16(18,19)11-3-4-14(25)23(7-11)8-13(24)22-15-21-12(9-26-15)10-2-1-5-20-6-10/h1-7,9H,8H2,(H,21,22,24). The first kappa shape index (κ1) is 17.8. The topological polar surface area (TPSA) is 76.9 Å². The number of rotatable bonds is 4. The molecule has 0 radical (unpaired) electrons. The van der Waals surface area contributed by atoms with Gasteiger partial charge in [-0.15, -0.1) is 11.3 Å². The minimum absolute atomic E-state index is 0.272. The van der Waals surface area contributed by atoms with Crippen LogP contribution in [0.2, 0.25) is 0 Å². The molecule has 134 valence electrons. The number of carbonyl (C=O) groups is 1. The number of anilines is 1. The lowest BCUT2D eigenvalue weighted by Gasteiger charge is -2.10. The van der Waals surface area contributed by atoms with Crippen LogP contribution in [0.5, 0.6) is 0 Å². The quantitative estimate of drug-likeness (QED) is 0.755. The van der Waals surface area contributed by atoms with Crippen molar-refractivity contribution in [2.75, 3.05) is 5.32 Å². The molecule has 3 heterocycles. The van der Waals surface area contributed by atoms with Crippen LogP contribution in [0, 0.1) is 0 Å². The van der Waals surface area contributed by atoms with E-state index in [1.54, 1.807) is 29.9 Å². The lowest BCUT2D eigenvalue weighted by atomic mass is 10.2. The van der Waals surface area contributed by atoms with Crippen LogP contribution in [-0.2, 0) is 17.5 Å². The van der Waals surface area contributed by atoms with E-state index in [1.165, 1.54) is 0 Å². The summed E-state index contributed by atoms with van der Waals surface area (Å²) in [6.07, 6.45) is -0.751. The van der Waals surface area contributed by atoms with Gasteiger partial charge in [0.25, 0.3) is 5.56 Å². The Balaban J connectivity index is 1.72. The second kappa shape index (κ2) is 7.08. The highest BCUT2D eigenvalue weighted by Crippen LogP contribution is 2.28. The number of halogens is 3. The van der Waals surface area contributed by atoms with Crippen molar-refractivity contribution in [2.24, 2.45) is 0 Å². The summed E-state index contributed by atoms with van der Waals surface area (Å²) < 4.78 is 38.9. The molecule has 1 N–H and O–H groups in total. The van der Waals surface area contributed by atoms with Crippen molar-refractivity contribution < 1.29 is 18.0 Å². The Morgan fingerprint density at radius 1 is 1.27 bits per heavy atom. The van der Waals surface area contributed by atoms with Gasteiger partial charge in [-0.25, -0.2) is 4.98 Å². The fourth-order valence-electron chi connectivity index (χ4n) is 2.11. The first-order valence-corrected chi connectivity index (χ1v) is 8.14. The average molecular weight is 380 g/mol. The monoisotopic (exact) mass is 380 g/mol. The van der Waals surface area contributed by atoms with Crippen LogP contribution in [0.15, 0.2) is 53.0 Å². The molecule has 0 atom stereocenters. The van der Waals surface area contributed by atoms with Gasteiger partial charge in [0.1, 0.15) is 6.54 Å². The first-order chi connectivity index (χ1) is 12.3. The molecule has 0 aliphatic heterocycles. The third-order valence-electron chi connectivity index (χ3n) is 3.33. The minimum Gasteiger partial charge on any atom is -0.305 e. The van der Waals surface area contributed by atoms with Crippen molar-refractivity contribution in [3.8, 4) is 11.3 Å². The highest BCUT2D eigenvalue weighted by Gasteiger charge is 2.31. The van der Waals surface area contributed by atoms with Crippen LogP contribution in [0.25, 0.3) is 11.3 Å². The molecule has 0 aliphatic carbocycles. The smallest absolute Gasteiger partial charge is 0.305 e. The summed E-state index contributed by atoms with van der Waals surface area (Å²) in [4.78, 5) is 31.9. The molecule has 0 unspecified atom stereocenters. The Morgan fingerprint density at radius 2 is 2.08 bits per heavy atom. The Kier molecular flexibility index (Phi) is 4.85. The summed E-state index contributed by atoms with van der Waals surface area (Å²) in [5.74, 6) is -0.654. The molecule has 0 aromatic carbocycles. The molecule has 0 spiro atoms. The summed E-state index contributed by atoms with van der Waals surface area (Å²) in [6.45, 7) is -0.551. The fraction of sp³-hybridized carbons (Fsp3) is 0.125. The maximum absolute atomic E-state index is 12.7. The predicted molar refractivity (Wildman–Crippen MR) is 89.7 cm³/mol. The van der Waals surface area contributed by atoms with Gasteiger partial charge in [0.2, 0.25) is 5.91 Å². The van der Waals surface area contributed by atoms with E-state index in [1.807, 2.05) is 0 Å². The molecule has 3 rings (SSSR count). The van der Waals surface area contributed by atoms with Gasteiger partial charge < -0.3 is 9.88 Å². The normalized spacial score (nSPS) is 11.3. The maximum Gasteiger partial charge on any atom is 0.417 e. The zero-order valence-electron chi connectivity index (χ0n) is 13.0. The van der Waals surface area contributed by atoms with Gasteiger partial charge in [0.15, 0.2) is 5.13 Å². The van der Waals surface area contributed by atoms with E-state index in [-0.39, 0.29) is 5.13 Å². The molecule has 6 nitrogen and oxygen atoms in total. The van der Waals surface area contributed by atoms with Crippen molar-refractivity contribution in [1.29, 1.82) is 0 Å². The molecule has 0 saturated carbocycles. The van der Waals surface area contributed by atoms with Gasteiger partial charge in [-0.3, -0.25) is 14.6 Å². The Morgan fingerprint density at radius 3 is 2.77 bits per heavy atom. The SMILES string of the molecule is O=C(Cn1cc(C(F)(F)F)ccc1=O)Nc1nc(-c2cccnc2)cs1. The van der Waals surface area contributed by atoms with Gasteiger partial charge in [0.05, 0.1) is 11.3 Å². The number of hydrogen-bond acceptors (Lipinski definition) is 5. The van der Waals surface area contributed by atoms with Crippen molar-refractivity contribution in [3.63, 3.8) is 0 Å². The van der Waals surface area contributed by atoms with E-state index in [4.69, 9.17) is 0 Å². The number of aromatic nitrogens is 3. The number of hydrogen-bond donors (Lipinski definition) is 1. The van der Waals surface area contributed by atoms with Crippen LogP contribution < -0.4 is 10.9 Å². The molecule has 0 saturated heterocycles. The Labute approximate surface area is 149 Å². The van der Waals surface area contributed by atoms with E-state index in [2.05, 4.69) is 15.3 Å². The summed E-state index contributed by atoms with van der Waals surface area (Å²) in [7, 11) is 0. The molecule has 0 fully saturated rings. The second-order valence-corrected chi connectivity index (χ2v) is 6.07. The Bertz CT molecular complexity index is 983. The van der Waals surface area contributed by atoms with Crippen molar-refractivity contribution in [3.05, 3.63) is 64.2 Å². The van der Waals surface area contributed by atoms with Gasteiger partial charge in [-0.05, 0) is 18.2 Å². The lowest BCUT2D eigenvalue weighted by molar-refractivity contribution is -0.138. The van der Waals surface area contributed by atoms with Crippen LogP contribution in [-0.4, -0.2) is 20.4 Å². The van der Waals surface area contributed by atoms with E-state index < -0.39 is 29.8 Å². The maximum atomic E-state index is 12.7. The molecule has 26 heavy (non-hydrogen) atoms. The number of amides is 1. The van der Waals surface area contributed by atoms with Crippen LogP contribution >= 0.6 is 11.3 Å². The van der Waals surface area contributed by atoms with Crippen LogP contribution in [0.1, 0.15) is 5.56 Å². The highest BCUT2D eigenvalue weighted by molar-refractivity contribution is 7.14. The van der Waals surface area contributed by atoms with Crippen molar-refractivity contribution >= 4 is 22.4 Å². The van der Waals surface area contributed by atoms with Gasteiger partial charge in [0, 0.05) is 35.6 Å². The number of alkyl halides is 3. The van der Waals surface area contributed by atoms with Crippen molar-refractivity contribution in [2.45, 2.75) is 12.7 Å². The molecule has 0 aliphatic rings. The molecular formula is C16H11F3N4O2S. The largest absolute Gasteiger partial charge is 0.417 e. The van der Waals surface area contributed by atoms with Gasteiger partial charge >= 0.3 is 6.18 Å². The summed E-state index contributed by atoms with van der Waals surface area (Å²) in [6, 6.07) is 5.00. The van der Waals surface area contributed by atoms with E-state index in [0.717, 1.165) is 23.0 Å². The molecule has 10 heteroatoms. The molecule has 1 amide bonds. The number of nitrogens with zero attached hydrogens (tertiary/aromatic N) is 3. The van der Waals surface area contributed by atoms with E-state index in [9.17, 15) is 22.8 Å². The van der Waals surface area contributed by atoms with Crippen LogP contribution in [0.3, 0.4) is 0 Å². The van der Waals surface area contributed by atoms with E-state index >= 15 is 0 Å². The average Bonchev–Trinajstić information content (AvgIpc) is 3.05. The third-order valence-corrected chi connectivity index (χ3v) is 4.09. The Hall–Kier alpha value is -3.01. The first-order valence-electron chi connectivity index (χ1n) is 7.26. The number of thiazole rings is 1. The van der Waals surface area contributed by atoms with E-state index in [0.29, 0.717) is 22.5 Å². The summed E-state index contributed by atoms with van der Waals surface area (Å²) >= 11 is 1.16. The summed E-state index contributed by atoms with van der Waals surface area (Å²) in [5, 5.41) is 4.46. The zero-order valence-corrected chi connectivity index (χ0v) is 13.8. The molecule has 3 aromatic heterocycles.